The molecule has 1 aliphatic heterocycles. The molecule has 0 radical (unpaired) electrons. The largest absolute Gasteiger partial charge is 0.463 e. The molecule has 3 atom stereocenters. The number of esters is 2. The van der Waals surface area contributed by atoms with Crippen LogP contribution in [0.2, 0.25) is 0 Å². The first-order chi connectivity index (χ1) is 16.2. The molecule has 1 fully saturated rings. The van der Waals surface area contributed by atoms with Gasteiger partial charge in [0.1, 0.15) is 30.9 Å². The molecule has 0 unspecified atom stereocenters. The van der Waals surface area contributed by atoms with Gasteiger partial charge in [-0.05, 0) is 18.2 Å². The lowest BCUT2D eigenvalue weighted by Gasteiger charge is -2.18. The summed E-state index contributed by atoms with van der Waals surface area (Å²) in [5.74, 6) is -4.57. The lowest BCUT2D eigenvalue weighted by Crippen LogP contribution is -2.46. The van der Waals surface area contributed by atoms with Crippen LogP contribution in [0.3, 0.4) is 0 Å². The number of benzene rings is 1. The van der Waals surface area contributed by atoms with E-state index in [1.807, 2.05) is 0 Å². The number of carbonyl (C=O) groups is 3. The summed E-state index contributed by atoms with van der Waals surface area (Å²) in [5.41, 5.74) is -3.10. The van der Waals surface area contributed by atoms with Gasteiger partial charge < -0.3 is 14.2 Å². The predicted octanol–water partition coefficient (Wildman–Crippen LogP) is 1.54. The molecule has 2 heterocycles. The first-order valence-corrected chi connectivity index (χ1v) is 10.5. The zero-order chi connectivity index (χ0) is 25.0. The molecule has 0 amide bonds. The van der Waals surface area contributed by atoms with Gasteiger partial charge in [0.2, 0.25) is 5.82 Å². The number of carbonyl (C=O) groups excluding carboxylic acids is 3. The Morgan fingerprint density at radius 3 is 2.47 bits per heavy atom. The van der Waals surface area contributed by atoms with Crippen molar-refractivity contribution in [3.05, 3.63) is 68.5 Å². The molecule has 182 valence electrons. The van der Waals surface area contributed by atoms with Crippen LogP contribution in [-0.4, -0.2) is 45.8 Å². The Morgan fingerprint density at radius 2 is 1.82 bits per heavy atom. The zero-order valence-corrected chi connectivity index (χ0v) is 18.4. The molecule has 3 rings (SSSR count). The highest BCUT2D eigenvalue weighted by atomic mass is 19.1. The summed E-state index contributed by atoms with van der Waals surface area (Å²) in [5, 5.41) is 0. The van der Waals surface area contributed by atoms with Crippen molar-refractivity contribution < 1.29 is 37.4 Å². The van der Waals surface area contributed by atoms with Crippen molar-refractivity contribution in [3.63, 3.8) is 0 Å². The Labute approximate surface area is 191 Å². The van der Waals surface area contributed by atoms with E-state index in [0.29, 0.717) is 10.8 Å². The topological polar surface area (TPSA) is 123 Å². The highest BCUT2D eigenvalue weighted by molar-refractivity contribution is 5.95. The number of ether oxygens (including phenoxy) is 3. The fourth-order valence-corrected chi connectivity index (χ4v) is 3.35. The maximum Gasteiger partial charge on any atom is 0.340 e. The fraction of sp³-hybridized carbons (Fsp3) is 0.409. The van der Waals surface area contributed by atoms with E-state index in [4.69, 9.17) is 14.2 Å². The van der Waals surface area contributed by atoms with Gasteiger partial charge >= 0.3 is 17.6 Å². The normalized spacial score (nSPS) is 19.6. The van der Waals surface area contributed by atoms with Gasteiger partial charge in [0.25, 0.3) is 11.5 Å². The van der Waals surface area contributed by atoms with E-state index in [1.54, 1.807) is 13.8 Å². The van der Waals surface area contributed by atoms with Crippen LogP contribution in [0.15, 0.2) is 40.1 Å². The molecule has 1 aromatic carbocycles. The molecule has 0 N–H and O–H groups in total. The second-order valence-electron chi connectivity index (χ2n) is 7.41. The van der Waals surface area contributed by atoms with E-state index in [0.717, 1.165) is 18.2 Å². The van der Waals surface area contributed by atoms with Gasteiger partial charge in [-0.25, -0.2) is 9.18 Å². The van der Waals surface area contributed by atoms with Gasteiger partial charge in [0, 0.05) is 24.8 Å². The minimum Gasteiger partial charge on any atom is -0.463 e. The number of aromatic nitrogens is 2. The van der Waals surface area contributed by atoms with Crippen molar-refractivity contribution in [2.75, 3.05) is 6.61 Å². The van der Waals surface area contributed by atoms with Crippen LogP contribution in [0.25, 0.3) is 0 Å². The summed E-state index contributed by atoms with van der Waals surface area (Å²) in [7, 11) is 0. The van der Waals surface area contributed by atoms with E-state index in [-0.39, 0.29) is 36.0 Å². The molecule has 1 saturated heterocycles. The van der Waals surface area contributed by atoms with Crippen LogP contribution in [0.1, 0.15) is 49.7 Å². The minimum atomic E-state index is -1.52. The Hall–Kier alpha value is -3.67. The number of hydrogen-bond donors (Lipinski definition) is 0. The third-order valence-electron chi connectivity index (χ3n) is 5.11. The Bertz CT molecular complexity index is 1220. The first kappa shape index (κ1) is 25.0. The van der Waals surface area contributed by atoms with E-state index in [2.05, 4.69) is 0 Å². The van der Waals surface area contributed by atoms with E-state index >= 15 is 0 Å². The Morgan fingerprint density at radius 1 is 1.12 bits per heavy atom. The van der Waals surface area contributed by atoms with Gasteiger partial charge in [0.05, 0.1) is 6.20 Å². The Kier molecular flexibility index (Phi) is 7.72. The molecule has 1 aromatic heterocycles. The molecule has 0 saturated carbocycles. The quantitative estimate of drug-likeness (QED) is 0.547. The predicted molar refractivity (Wildman–Crippen MR) is 111 cm³/mol. The number of nitrogens with zero attached hydrogens (tertiary/aromatic N) is 2. The van der Waals surface area contributed by atoms with Crippen LogP contribution >= 0.6 is 0 Å². The van der Waals surface area contributed by atoms with Crippen LogP contribution in [0.5, 0.6) is 0 Å². The van der Waals surface area contributed by atoms with Crippen molar-refractivity contribution in [1.29, 1.82) is 0 Å². The summed E-state index contributed by atoms with van der Waals surface area (Å²) < 4.78 is 44.7. The van der Waals surface area contributed by atoms with Crippen LogP contribution in [-0.2, 0) is 23.8 Å². The molecule has 12 heteroatoms. The standard InChI is InChI=1S/C22H22F2N2O8/c1-3-18(27)32-11-16-15(34-19(28)4-2)9-17(33-16)25-10-14(24)21(30)26(22(25)31)20(29)12-6-5-7-13(23)8-12/h5-8,10,15-17H,3-4,9,11H2,1-2H3/t15-,16+,17+/m0/s1. The number of rotatable bonds is 7. The third-order valence-corrected chi connectivity index (χ3v) is 5.11. The van der Waals surface area contributed by atoms with Gasteiger partial charge in [-0.15, -0.1) is 0 Å². The maximum absolute atomic E-state index is 14.5. The molecular formula is C22H22F2N2O8. The zero-order valence-electron chi connectivity index (χ0n) is 18.4. The number of hydrogen-bond acceptors (Lipinski definition) is 8. The van der Waals surface area contributed by atoms with Gasteiger partial charge in [-0.3, -0.25) is 23.7 Å². The lowest BCUT2D eigenvalue weighted by atomic mass is 10.2. The summed E-state index contributed by atoms with van der Waals surface area (Å²) >= 11 is 0. The van der Waals surface area contributed by atoms with Gasteiger partial charge in [0.15, 0.2) is 0 Å². The van der Waals surface area contributed by atoms with Crippen molar-refractivity contribution in [2.24, 2.45) is 0 Å². The molecule has 0 bridgehead atoms. The van der Waals surface area contributed by atoms with Crippen LogP contribution in [0, 0.1) is 11.6 Å². The van der Waals surface area contributed by atoms with Crippen molar-refractivity contribution in [3.8, 4) is 0 Å². The van der Waals surface area contributed by atoms with Crippen molar-refractivity contribution in [2.45, 2.75) is 51.5 Å². The molecule has 1 aliphatic rings. The van der Waals surface area contributed by atoms with E-state index in [9.17, 15) is 32.8 Å². The maximum atomic E-state index is 14.5. The van der Waals surface area contributed by atoms with Crippen molar-refractivity contribution >= 4 is 17.8 Å². The lowest BCUT2D eigenvalue weighted by molar-refractivity contribution is -0.157. The molecule has 34 heavy (non-hydrogen) atoms. The smallest absolute Gasteiger partial charge is 0.340 e. The molecule has 0 aliphatic carbocycles. The van der Waals surface area contributed by atoms with Crippen LogP contribution in [0.4, 0.5) is 8.78 Å². The van der Waals surface area contributed by atoms with Crippen molar-refractivity contribution in [1.82, 2.24) is 9.13 Å². The fourth-order valence-electron chi connectivity index (χ4n) is 3.35. The molecule has 0 spiro atoms. The van der Waals surface area contributed by atoms with Gasteiger partial charge in [-0.2, -0.15) is 8.96 Å². The second kappa shape index (κ2) is 10.5. The van der Waals surface area contributed by atoms with E-state index in [1.165, 1.54) is 6.07 Å². The highest BCUT2D eigenvalue weighted by Crippen LogP contribution is 2.30. The minimum absolute atomic E-state index is 0.0327. The molecule has 2 aromatic rings. The summed E-state index contributed by atoms with van der Waals surface area (Å²) in [6, 6.07) is 4.21. The van der Waals surface area contributed by atoms with E-state index < -0.39 is 59.2 Å². The first-order valence-electron chi connectivity index (χ1n) is 10.5. The summed E-state index contributed by atoms with van der Waals surface area (Å²) in [4.78, 5) is 61.3. The average molecular weight is 480 g/mol. The SMILES string of the molecule is CCC(=O)OC[C@H]1O[C@@H](n2cc(F)c(=O)n(C(=O)c3cccc(F)c3)c2=O)C[C@@H]1OC(=O)CC. The molecule has 10 nitrogen and oxygen atoms in total. The van der Waals surface area contributed by atoms with Gasteiger partial charge in [-0.1, -0.05) is 19.9 Å². The monoisotopic (exact) mass is 480 g/mol. The highest BCUT2D eigenvalue weighted by Gasteiger charge is 2.40. The van der Waals surface area contributed by atoms with Crippen LogP contribution < -0.4 is 11.2 Å². The third kappa shape index (κ3) is 5.28. The second-order valence-corrected chi connectivity index (χ2v) is 7.41. The summed E-state index contributed by atoms with van der Waals surface area (Å²) in [6.07, 6.45) is -2.62. The number of halogens is 2. The molecular weight excluding hydrogens is 458 g/mol. The Balaban J connectivity index is 1.97. The summed E-state index contributed by atoms with van der Waals surface area (Å²) in [6.45, 7) is 2.84. The average Bonchev–Trinajstić information content (AvgIpc) is 3.21.